The molecule has 4 nitrogen and oxygen atoms in total. The van der Waals surface area contributed by atoms with E-state index in [1.165, 1.54) is 12.1 Å². The molecule has 0 atom stereocenters. The van der Waals surface area contributed by atoms with E-state index < -0.39 is 0 Å². The van der Waals surface area contributed by atoms with Crippen LogP contribution < -0.4 is 0 Å². The minimum absolute atomic E-state index is 0.00965. The van der Waals surface area contributed by atoms with Gasteiger partial charge >= 0.3 is 0 Å². The molecule has 0 saturated carbocycles. The standard InChI is InChI=1S/C57H34N4S2/c1-3-16-35(17-4-1)55-58-56(36-18-5-2-6-19-36)60-57(59-55)46-33-38(34-52-53(46)44-23-10-14-29-51(44)62-52)37-30-31-49(61-47-26-11-7-20-39(47)40-21-8-12-27-48(40)61)45(32-37)43-25-15-24-42-41-22-9-13-28-50(41)63-54(42)43/h1-34H/i7D,8D,20D,21D,26D,27D. The van der Waals surface area contributed by atoms with E-state index in [1.807, 2.05) is 83.4 Å². The molecule has 6 heteroatoms. The van der Waals surface area contributed by atoms with E-state index in [-0.39, 0.29) is 47.0 Å². The van der Waals surface area contributed by atoms with Crippen molar-refractivity contribution >= 4 is 84.8 Å². The van der Waals surface area contributed by atoms with Crippen molar-refractivity contribution in [1.29, 1.82) is 0 Å². The van der Waals surface area contributed by atoms with Gasteiger partial charge in [-0.15, -0.1) is 22.7 Å². The summed E-state index contributed by atoms with van der Waals surface area (Å²) in [7, 11) is 0. The molecule has 0 radical (unpaired) electrons. The van der Waals surface area contributed by atoms with Crippen molar-refractivity contribution in [2.45, 2.75) is 0 Å². The van der Waals surface area contributed by atoms with Crippen molar-refractivity contribution in [3.63, 3.8) is 0 Å². The van der Waals surface area contributed by atoms with Gasteiger partial charge in [-0.05, 0) is 59.6 Å². The van der Waals surface area contributed by atoms with E-state index in [0.717, 1.165) is 79.3 Å². The number of nitrogens with zero attached hydrogens (tertiary/aromatic N) is 4. The van der Waals surface area contributed by atoms with Gasteiger partial charge in [0.2, 0.25) is 0 Å². The van der Waals surface area contributed by atoms with Crippen molar-refractivity contribution in [2.75, 3.05) is 0 Å². The summed E-state index contributed by atoms with van der Waals surface area (Å²) in [6.07, 6.45) is 0. The van der Waals surface area contributed by atoms with E-state index >= 15 is 0 Å². The second-order valence-corrected chi connectivity index (χ2v) is 17.6. The molecular weight excluding hydrogens is 805 g/mol. The largest absolute Gasteiger partial charge is 0.309 e. The summed E-state index contributed by atoms with van der Waals surface area (Å²) in [5.41, 5.74) is 7.43. The Hall–Kier alpha value is -7.77. The Morgan fingerprint density at radius 3 is 1.67 bits per heavy atom. The Morgan fingerprint density at radius 1 is 0.381 bits per heavy atom. The van der Waals surface area contributed by atoms with Crippen LogP contribution in [0.5, 0.6) is 0 Å². The monoisotopic (exact) mass is 844 g/mol. The first kappa shape index (κ1) is 30.3. The molecule has 0 saturated heterocycles. The first-order chi connectivity index (χ1) is 33.7. The van der Waals surface area contributed by atoms with Gasteiger partial charge in [-0.1, -0.05) is 158 Å². The first-order valence-corrected chi connectivity index (χ1v) is 22.2. The molecule has 13 rings (SSSR count). The maximum atomic E-state index is 9.34. The Kier molecular flexibility index (Phi) is 6.93. The molecule has 0 aliphatic carbocycles. The lowest BCUT2D eigenvalue weighted by atomic mass is 9.94. The maximum Gasteiger partial charge on any atom is 0.164 e. The second-order valence-electron chi connectivity index (χ2n) is 15.4. The molecule has 294 valence electrons. The molecule has 0 aliphatic heterocycles. The Labute approximate surface area is 379 Å². The number of aromatic nitrogens is 4. The van der Waals surface area contributed by atoms with Crippen LogP contribution in [0.4, 0.5) is 0 Å². The van der Waals surface area contributed by atoms with Crippen molar-refractivity contribution < 1.29 is 8.22 Å². The van der Waals surface area contributed by atoms with Gasteiger partial charge in [-0.2, -0.15) is 0 Å². The highest BCUT2D eigenvalue weighted by Gasteiger charge is 2.22. The van der Waals surface area contributed by atoms with Crippen LogP contribution in [0.1, 0.15) is 8.22 Å². The van der Waals surface area contributed by atoms with Gasteiger partial charge in [0, 0.05) is 78.9 Å². The Bertz CT molecular complexity index is 4150. The molecule has 4 aromatic heterocycles. The number of rotatable bonds is 6. The molecule has 0 aliphatic rings. The minimum Gasteiger partial charge on any atom is -0.309 e. The van der Waals surface area contributed by atoms with Crippen LogP contribution in [0.2, 0.25) is 0 Å². The van der Waals surface area contributed by atoms with Crippen LogP contribution in [0, 0.1) is 0 Å². The van der Waals surface area contributed by atoms with E-state index in [9.17, 15) is 2.74 Å². The van der Waals surface area contributed by atoms with Gasteiger partial charge in [0.15, 0.2) is 17.5 Å². The zero-order valence-corrected chi connectivity index (χ0v) is 34.9. The van der Waals surface area contributed by atoms with Gasteiger partial charge in [0.1, 0.15) is 0 Å². The molecule has 63 heavy (non-hydrogen) atoms. The van der Waals surface area contributed by atoms with Gasteiger partial charge in [0.25, 0.3) is 0 Å². The SMILES string of the molecule is [2H]c1cc([2H])c2c(c1[2H])c1c([2H])c([2H])cc([2H])c1n2-c1ccc(-c2cc(-c3nc(-c4ccccc4)nc(-c4ccccc4)n3)c3c(c2)sc2ccccc23)cc1-c1cccc2c1sc1ccccc12. The summed E-state index contributed by atoms with van der Waals surface area (Å²) in [5, 5.41) is 4.82. The normalized spacial score (nSPS) is 13.1. The predicted molar refractivity (Wildman–Crippen MR) is 267 cm³/mol. The van der Waals surface area contributed by atoms with Crippen LogP contribution in [0.25, 0.3) is 124 Å². The molecule has 0 N–H and O–H groups in total. The van der Waals surface area contributed by atoms with Crippen LogP contribution in [-0.2, 0) is 0 Å². The topological polar surface area (TPSA) is 43.6 Å². The van der Waals surface area contributed by atoms with E-state index in [4.69, 9.17) is 20.4 Å². The molecule has 9 aromatic carbocycles. The molecule has 0 unspecified atom stereocenters. The third-order valence-electron chi connectivity index (χ3n) is 11.8. The Morgan fingerprint density at radius 2 is 0.968 bits per heavy atom. The Balaban J connectivity index is 1.13. The minimum atomic E-state index is -0.157. The fourth-order valence-corrected chi connectivity index (χ4v) is 11.4. The van der Waals surface area contributed by atoms with Gasteiger partial charge in [-0.3, -0.25) is 0 Å². The molecule has 0 bridgehead atoms. The lowest BCUT2D eigenvalue weighted by Gasteiger charge is -2.17. The maximum absolute atomic E-state index is 9.34. The van der Waals surface area contributed by atoms with Crippen molar-refractivity contribution in [3.05, 3.63) is 206 Å². The fraction of sp³-hybridized carbons (Fsp3) is 0. The number of benzene rings is 9. The lowest BCUT2D eigenvalue weighted by Crippen LogP contribution is -2.01. The van der Waals surface area contributed by atoms with Crippen LogP contribution >= 0.6 is 22.7 Å². The van der Waals surface area contributed by atoms with Gasteiger partial charge in [-0.25, -0.2) is 15.0 Å². The van der Waals surface area contributed by atoms with E-state index in [0.29, 0.717) is 34.2 Å². The van der Waals surface area contributed by atoms with E-state index in [2.05, 4.69) is 78.9 Å². The molecule has 0 fully saturated rings. The van der Waals surface area contributed by atoms with Crippen LogP contribution in [0.3, 0.4) is 0 Å². The zero-order valence-electron chi connectivity index (χ0n) is 39.3. The highest BCUT2D eigenvalue weighted by molar-refractivity contribution is 7.26. The third kappa shape index (κ3) is 5.83. The second kappa shape index (κ2) is 14.4. The quantitative estimate of drug-likeness (QED) is 0.167. The van der Waals surface area contributed by atoms with Crippen molar-refractivity contribution in [1.82, 2.24) is 19.5 Å². The average molecular weight is 845 g/mol. The van der Waals surface area contributed by atoms with Crippen LogP contribution in [0.15, 0.2) is 206 Å². The molecule has 0 amide bonds. The van der Waals surface area contributed by atoms with Gasteiger partial charge < -0.3 is 4.57 Å². The highest BCUT2D eigenvalue weighted by Crippen LogP contribution is 2.47. The van der Waals surface area contributed by atoms with Crippen molar-refractivity contribution in [2.24, 2.45) is 0 Å². The average Bonchev–Trinajstić information content (AvgIpc) is 4.08. The van der Waals surface area contributed by atoms with E-state index in [1.54, 1.807) is 22.7 Å². The third-order valence-corrected chi connectivity index (χ3v) is 14.1. The molecule has 13 aromatic rings. The number of hydrogen-bond acceptors (Lipinski definition) is 5. The number of fused-ring (bicyclic) bond motifs is 9. The summed E-state index contributed by atoms with van der Waals surface area (Å²) in [6, 6.07) is 55.7. The fourth-order valence-electron chi connectivity index (χ4n) is 8.97. The zero-order chi connectivity index (χ0) is 46.7. The first-order valence-electron chi connectivity index (χ1n) is 23.6. The molecular formula is C57H34N4S2. The smallest absolute Gasteiger partial charge is 0.164 e. The van der Waals surface area contributed by atoms with Crippen LogP contribution in [-0.4, -0.2) is 19.5 Å². The summed E-state index contributed by atoms with van der Waals surface area (Å²) >= 11 is 3.42. The highest BCUT2D eigenvalue weighted by atomic mass is 32.1. The number of thiophene rings is 2. The molecule has 4 heterocycles. The number of para-hydroxylation sites is 2. The summed E-state index contributed by atoms with van der Waals surface area (Å²) in [5.74, 6) is 1.67. The molecule has 0 spiro atoms. The van der Waals surface area contributed by atoms with Crippen molar-refractivity contribution in [3.8, 4) is 62.1 Å². The van der Waals surface area contributed by atoms with Gasteiger partial charge in [0.05, 0.1) is 24.9 Å². The summed E-state index contributed by atoms with van der Waals surface area (Å²) in [4.78, 5) is 15.5. The summed E-state index contributed by atoms with van der Waals surface area (Å²) in [6.45, 7) is 0. The lowest BCUT2D eigenvalue weighted by molar-refractivity contribution is 1.08. The number of hydrogen-bond donors (Lipinski definition) is 0. The summed E-state index contributed by atoms with van der Waals surface area (Å²) < 4.78 is 60.5. The predicted octanol–water partition coefficient (Wildman–Crippen LogP) is 16.0.